The van der Waals surface area contributed by atoms with Gasteiger partial charge in [0.15, 0.2) is 6.61 Å². The Labute approximate surface area is 169 Å². The molecule has 3 heterocycles. The Balaban J connectivity index is 1.73. The average Bonchev–Trinajstić information content (AvgIpc) is 2.71. The highest BCUT2D eigenvalue weighted by molar-refractivity contribution is 5.98. The number of likely N-dealkylation sites (tertiary alicyclic amines) is 1. The predicted molar refractivity (Wildman–Crippen MR) is 97.4 cm³/mol. The normalized spacial score (nSPS) is 15.1. The lowest BCUT2D eigenvalue weighted by Gasteiger charge is -2.30. The Morgan fingerprint density at radius 1 is 1.23 bits per heavy atom. The van der Waals surface area contributed by atoms with E-state index in [9.17, 15) is 22.8 Å². The minimum absolute atomic E-state index is 0.132. The molecule has 0 aliphatic carbocycles. The van der Waals surface area contributed by atoms with E-state index >= 15 is 0 Å². The highest BCUT2D eigenvalue weighted by Gasteiger charge is 2.33. The summed E-state index contributed by atoms with van der Waals surface area (Å²) in [5, 5.41) is 9.08. The van der Waals surface area contributed by atoms with Gasteiger partial charge < -0.3 is 14.7 Å². The van der Waals surface area contributed by atoms with Crippen molar-refractivity contribution in [1.82, 2.24) is 19.9 Å². The lowest BCUT2D eigenvalue weighted by atomic mass is 9.90. The Hall–Kier alpha value is -3.24. The lowest BCUT2D eigenvalue weighted by molar-refractivity contribution is -0.141. The number of ketones is 1. The minimum Gasteiger partial charge on any atom is -0.469 e. The number of Topliss-reactive ketones (excluding diaryl/α,β-unsaturated/α-hetero) is 1. The second-order valence-electron chi connectivity index (χ2n) is 6.83. The lowest BCUT2D eigenvalue weighted by Crippen LogP contribution is -2.37. The van der Waals surface area contributed by atoms with E-state index in [2.05, 4.69) is 15.0 Å². The summed E-state index contributed by atoms with van der Waals surface area (Å²) in [6, 6.07) is 3.19. The molecule has 0 radical (unpaired) electrons. The summed E-state index contributed by atoms with van der Waals surface area (Å²) in [5.74, 6) is -0.483. The van der Waals surface area contributed by atoms with E-state index in [0.717, 1.165) is 12.1 Å². The van der Waals surface area contributed by atoms with Crippen LogP contribution in [0.25, 0.3) is 0 Å². The number of hydrogen-bond donors (Lipinski definition) is 1. The van der Waals surface area contributed by atoms with E-state index in [0.29, 0.717) is 37.4 Å². The quantitative estimate of drug-likeness (QED) is 0.734. The van der Waals surface area contributed by atoms with Crippen molar-refractivity contribution in [2.75, 3.05) is 19.7 Å². The fourth-order valence-electron chi connectivity index (χ4n) is 3.23. The molecule has 2 aromatic rings. The zero-order chi connectivity index (χ0) is 21.9. The molecule has 0 bridgehead atoms. The SMILES string of the molecule is Cc1ncc(C(=O)COc2cccc(C(F)(F)F)n2)c(C2CCN(C(=O)O)CC2)n1. The number of pyridine rings is 1. The summed E-state index contributed by atoms with van der Waals surface area (Å²) in [7, 11) is 0. The molecule has 8 nitrogen and oxygen atoms in total. The van der Waals surface area contributed by atoms with Crippen LogP contribution in [0.15, 0.2) is 24.4 Å². The monoisotopic (exact) mass is 424 g/mol. The third-order valence-electron chi connectivity index (χ3n) is 4.76. The average molecular weight is 424 g/mol. The van der Waals surface area contributed by atoms with Crippen LogP contribution in [0, 0.1) is 6.92 Å². The summed E-state index contributed by atoms with van der Waals surface area (Å²) >= 11 is 0. The first-order chi connectivity index (χ1) is 14.1. The molecule has 3 rings (SSSR count). The van der Waals surface area contributed by atoms with Gasteiger partial charge in [-0.1, -0.05) is 6.07 Å². The third kappa shape index (κ3) is 5.02. The smallest absolute Gasteiger partial charge is 0.433 e. The van der Waals surface area contributed by atoms with Crippen molar-refractivity contribution in [2.45, 2.75) is 31.9 Å². The van der Waals surface area contributed by atoms with Crippen LogP contribution in [0.5, 0.6) is 5.88 Å². The number of halogens is 3. The first kappa shape index (κ1) is 21.5. The van der Waals surface area contributed by atoms with Gasteiger partial charge in [-0.25, -0.2) is 19.7 Å². The molecule has 30 heavy (non-hydrogen) atoms. The summed E-state index contributed by atoms with van der Waals surface area (Å²) in [5.41, 5.74) is -0.406. The van der Waals surface area contributed by atoms with Crippen LogP contribution in [0.4, 0.5) is 18.0 Å². The number of aromatic nitrogens is 3. The molecule has 0 atom stereocenters. The Kier molecular flexibility index (Phi) is 6.18. The zero-order valence-electron chi connectivity index (χ0n) is 16.0. The number of piperidine rings is 1. The molecule has 0 saturated carbocycles. The van der Waals surface area contributed by atoms with Gasteiger partial charge in [0.1, 0.15) is 11.5 Å². The predicted octanol–water partition coefficient (Wildman–Crippen LogP) is 3.32. The molecule has 1 aliphatic rings. The maximum Gasteiger partial charge on any atom is 0.433 e. The topological polar surface area (TPSA) is 106 Å². The molecule has 11 heteroatoms. The van der Waals surface area contributed by atoms with Gasteiger partial charge >= 0.3 is 12.3 Å². The number of alkyl halides is 3. The third-order valence-corrected chi connectivity index (χ3v) is 4.76. The molecule has 0 unspecified atom stereocenters. The van der Waals surface area contributed by atoms with Crippen molar-refractivity contribution in [1.29, 1.82) is 0 Å². The molecular formula is C19H19F3N4O4. The van der Waals surface area contributed by atoms with Gasteiger partial charge in [0, 0.05) is 31.3 Å². The van der Waals surface area contributed by atoms with Crippen molar-refractivity contribution in [3.63, 3.8) is 0 Å². The van der Waals surface area contributed by atoms with Crippen LogP contribution in [0.1, 0.15) is 46.3 Å². The molecular weight excluding hydrogens is 405 g/mol. The largest absolute Gasteiger partial charge is 0.469 e. The van der Waals surface area contributed by atoms with Gasteiger partial charge in [0.25, 0.3) is 0 Å². The van der Waals surface area contributed by atoms with E-state index in [-0.39, 0.29) is 17.4 Å². The molecule has 2 aromatic heterocycles. The van der Waals surface area contributed by atoms with Gasteiger partial charge in [-0.3, -0.25) is 4.79 Å². The van der Waals surface area contributed by atoms with Crippen LogP contribution >= 0.6 is 0 Å². The Morgan fingerprint density at radius 3 is 2.57 bits per heavy atom. The first-order valence-corrected chi connectivity index (χ1v) is 9.17. The Morgan fingerprint density at radius 2 is 1.93 bits per heavy atom. The number of rotatable bonds is 5. The highest BCUT2D eigenvalue weighted by Crippen LogP contribution is 2.30. The number of carbonyl (C=O) groups is 2. The van der Waals surface area contributed by atoms with Crippen molar-refractivity contribution in [3.05, 3.63) is 47.2 Å². The number of hydrogen-bond acceptors (Lipinski definition) is 6. The molecule has 0 spiro atoms. The standard InChI is InChI=1S/C19H19F3N4O4/c1-11-23-9-13(17(24-11)12-5-7-26(8-6-12)18(28)29)14(27)10-30-16-4-2-3-15(25-16)19(20,21)22/h2-4,9,12H,5-8,10H2,1H3,(H,28,29). The number of carboxylic acid groups (broad SMARTS) is 1. The molecule has 1 saturated heterocycles. The Bertz CT molecular complexity index is 944. The second-order valence-corrected chi connectivity index (χ2v) is 6.83. The van der Waals surface area contributed by atoms with E-state index in [1.54, 1.807) is 6.92 Å². The second kappa shape index (κ2) is 8.64. The van der Waals surface area contributed by atoms with E-state index in [1.165, 1.54) is 17.2 Å². The first-order valence-electron chi connectivity index (χ1n) is 9.17. The number of amides is 1. The highest BCUT2D eigenvalue weighted by atomic mass is 19.4. The van der Waals surface area contributed by atoms with E-state index in [4.69, 9.17) is 9.84 Å². The molecule has 160 valence electrons. The van der Waals surface area contributed by atoms with Gasteiger partial charge in [-0.15, -0.1) is 0 Å². The van der Waals surface area contributed by atoms with Crippen LogP contribution in [0.2, 0.25) is 0 Å². The van der Waals surface area contributed by atoms with Crippen LogP contribution in [-0.4, -0.2) is 56.5 Å². The molecule has 1 amide bonds. The molecule has 0 aromatic carbocycles. The van der Waals surface area contributed by atoms with Crippen molar-refractivity contribution < 1.29 is 32.6 Å². The van der Waals surface area contributed by atoms with Gasteiger partial charge in [0.05, 0.1) is 11.3 Å². The fourth-order valence-corrected chi connectivity index (χ4v) is 3.23. The van der Waals surface area contributed by atoms with Crippen LogP contribution < -0.4 is 4.74 Å². The molecule has 1 N–H and O–H groups in total. The number of carbonyl (C=O) groups excluding carboxylic acids is 1. The van der Waals surface area contributed by atoms with Gasteiger partial charge in [-0.2, -0.15) is 13.2 Å². The minimum atomic E-state index is -4.62. The molecule has 1 fully saturated rings. The summed E-state index contributed by atoms with van der Waals surface area (Å²) in [4.78, 5) is 36.9. The summed E-state index contributed by atoms with van der Waals surface area (Å²) in [6.45, 7) is 1.79. The maximum atomic E-state index is 12.8. The number of nitrogens with zero attached hydrogens (tertiary/aromatic N) is 4. The number of aryl methyl sites for hydroxylation is 1. The van der Waals surface area contributed by atoms with E-state index < -0.39 is 30.4 Å². The van der Waals surface area contributed by atoms with E-state index in [1.807, 2.05) is 0 Å². The number of ether oxygens (including phenoxy) is 1. The van der Waals surface area contributed by atoms with Crippen molar-refractivity contribution >= 4 is 11.9 Å². The maximum absolute atomic E-state index is 12.8. The fraction of sp³-hybridized carbons (Fsp3) is 0.421. The van der Waals surface area contributed by atoms with Crippen LogP contribution in [0.3, 0.4) is 0 Å². The summed E-state index contributed by atoms with van der Waals surface area (Å²) in [6.07, 6.45) is -3.25. The van der Waals surface area contributed by atoms with Gasteiger partial charge in [-0.05, 0) is 25.8 Å². The zero-order valence-corrected chi connectivity index (χ0v) is 16.0. The van der Waals surface area contributed by atoms with Crippen molar-refractivity contribution in [2.24, 2.45) is 0 Å². The summed E-state index contributed by atoms with van der Waals surface area (Å²) < 4.78 is 43.5. The van der Waals surface area contributed by atoms with Crippen LogP contribution in [-0.2, 0) is 6.18 Å². The molecule has 1 aliphatic heterocycles. The van der Waals surface area contributed by atoms with Crippen molar-refractivity contribution in [3.8, 4) is 5.88 Å². The van der Waals surface area contributed by atoms with Gasteiger partial charge in [0.2, 0.25) is 11.7 Å².